The first-order chi connectivity index (χ1) is 10.3. The molecular formula is C13H16Cl3N3O3. The van der Waals surface area contributed by atoms with Gasteiger partial charge in [-0.05, 0) is 18.6 Å². The predicted octanol–water partition coefficient (Wildman–Crippen LogP) is 3.53. The normalized spacial score (nSPS) is 10.2. The fraction of sp³-hybridized carbons (Fsp3) is 0.385. The summed E-state index contributed by atoms with van der Waals surface area (Å²) in [4.78, 5) is 23.9. The molecule has 0 aliphatic carbocycles. The molecule has 0 unspecified atom stereocenters. The van der Waals surface area contributed by atoms with E-state index in [4.69, 9.17) is 45.3 Å². The number of benzene rings is 1. The predicted molar refractivity (Wildman–Crippen MR) is 86.9 cm³/mol. The lowest BCUT2D eigenvalue weighted by Crippen LogP contribution is -2.46. The Labute approximate surface area is 143 Å². The van der Waals surface area contributed by atoms with Gasteiger partial charge in [0.25, 0.3) is 0 Å². The molecule has 3 N–H and O–H groups in total. The molecule has 1 aromatic carbocycles. The van der Waals surface area contributed by atoms with E-state index in [0.717, 1.165) is 0 Å². The zero-order valence-corrected chi connectivity index (χ0v) is 14.1. The number of imide groups is 1. The molecule has 0 spiro atoms. The number of hydrogen-bond donors (Lipinski definition) is 2. The van der Waals surface area contributed by atoms with Gasteiger partial charge in [0.1, 0.15) is 6.61 Å². The van der Waals surface area contributed by atoms with Gasteiger partial charge in [-0.2, -0.15) is 0 Å². The summed E-state index contributed by atoms with van der Waals surface area (Å²) < 4.78 is 5.49. The van der Waals surface area contributed by atoms with Crippen LogP contribution in [0.1, 0.15) is 13.3 Å². The third-order valence-electron chi connectivity index (χ3n) is 2.58. The summed E-state index contributed by atoms with van der Waals surface area (Å²) in [5, 5.41) is 2.96. The maximum atomic E-state index is 11.8. The molecular weight excluding hydrogens is 353 g/mol. The van der Waals surface area contributed by atoms with Gasteiger partial charge in [0, 0.05) is 11.6 Å². The lowest BCUT2D eigenvalue weighted by atomic mass is 10.3. The van der Waals surface area contributed by atoms with Gasteiger partial charge in [0.2, 0.25) is 0 Å². The number of nitrogens with one attached hydrogen (secondary N) is 1. The fourth-order valence-corrected chi connectivity index (χ4v) is 2.62. The van der Waals surface area contributed by atoms with Crippen molar-refractivity contribution >= 4 is 46.9 Å². The molecule has 1 rings (SSSR count). The van der Waals surface area contributed by atoms with Crippen molar-refractivity contribution in [2.24, 2.45) is 5.73 Å². The minimum atomic E-state index is -0.907. The zero-order chi connectivity index (χ0) is 16.7. The highest BCUT2D eigenvalue weighted by Gasteiger charge is 2.15. The molecule has 0 aromatic heterocycles. The number of primary amides is 1. The van der Waals surface area contributed by atoms with E-state index < -0.39 is 12.1 Å². The van der Waals surface area contributed by atoms with E-state index in [0.29, 0.717) is 23.7 Å². The minimum absolute atomic E-state index is 0.146. The van der Waals surface area contributed by atoms with Gasteiger partial charge in [0.05, 0.1) is 16.6 Å². The van der Waals surface area contributed by atoms with Crippen molar-refractivity contribution < 1.29 is 14.3 Å². The van der Waals surface area contributed by atoms with Crippen molar-refractivity contribution in [2.45, 2.75) is 13.3 Å². The van der Waals surface area contributed by atoms with E-state index in [9.17, 15) is 9.59 Å². The molecule has 0 saturated heterocycles. The van der Waals surface area contributed by atoms with Crippen LogP contribution in [0.4, 0.5) is 9.59 Å². The maximum Gasteiger partial charge on any atom is 0.325 e. The summed E-state index contributed by atoms with van der Waals surface area (Å²) in [6, 6.07) is 1.53. The van der Waals surface area contributed by atoms with Crippen LogP contribution in [-0.2, 0) is 0 Å². The average molecular weight is 369 g/mol. The largest absolute Gasteiger partial charge is 0.489 e. The molecule has 0 radical (unpaired) electrons. The molecule has 6 nitrogen and oxygen atoms in total. The van der Waals surface area contributed by atoms with Crippen LogP contribution in [0.5, 0.6) is 5.75 Å². The number of carbonyl (C=O) groups is 2. The van der Waals surface area contributed by atoms with E-state index in [1.54, 1.807) is 0 Å². The quantitative estimate of drug-likeness (QED) is 0.805. The Morgan fingerprint density at radius 1 is 1.23 bits per heavy atom. The summed E-state index contributed by atoms with van der Waals surface area (Å²) in [7, 11) is 0. The van der Waals surface area contributed by atoms with Crippen molar-refractivity contribution in [1.82, 2.24) is 10.2 Å². The van der Waals surface area contributed by atoms with Gasteiger partial charge in [-0.15, -0.1) is 0 Å². The summed E-state index contributed by atoms with van der Waals surface area (Å²) in [5.74, 6) is 0.291. The molecule has 0 fully saturated rings. The number of urea groups is 2. The maximum absolute atomic E-state index is 11.8. The van der Waals surface area contributed by atoms with Gasteiger partial charge >= 0.3 is 12.1 Å². The Bertz CT molecular complexity index is 532. The van der Waals surface area contributed by atoms with E-state index in [1.807, 2.05) is 12.2 Å². The lowest BCUT2D eigenvalue weighted by molar-refractivity contribution is 0.182. The lowest BCUT2D eigenvalue weighted by Gasteiger charge is -2.22. The molecule has 22 heavy (non-hydrogen) atoms. The summed E-state index contributed by atoms with van der Waals surface area (Å²) in [6.45, 7) is 2.73. The third kappa shape index (κ3) is 5.79. The smallest absolute Gasteiger partial charge is 0.325 e. The highest BCUT2D eigenvalue weighted by molar-refractivity contribution is 6.40. The molecule has 0 aliphatic rings. The number of ether oxygens (including phenoxy) is 1. The van der Waals surface area contributed by atoms with Crippen LogP contribution in [-0.4, -0.2) is 36.7 Å². The monoisotopic (exact) mass is 367 g/mol. The number of nitrogens with zero attached hydrogens (tertiary/aromatic N) is 1. The van der Waals surface area contributed by atoms with Crippen molar-refractivity contribution in [3.05, 3.63) is 27.2 Å². The van der Waals surface area contributed by atoms with Crippen molar-refractivity contribution in [3.63, 3.8) is 0 Å². The van der Waals surface area contributed by atoms with Gasteiger partial charge < -0.3 is 15.4 Å². The highest BCUT2D eigenvalue weighted by Crippen LogP contribution is 2.35. The van der Waals surface area contributed by atoms with Crippen LogP contribution in [0.25, 0.3) is 0 Å². The van der Waals surface area contributed by atoms with Crippen LogP contribution in [0, 0.1) is 0 Å². The molecule has 4 amide bonds. The highest BCUT2D eigenvalue weighted by atomic mass is 35.5. The molecule has 0 atom stereocenters. The van der Waals surface area contributed by atoms with Crippen LogP contribution < -0.4 is 15.8 Å². The zero-order valence-electron chi connectivity index (χ0n) is 11.9. The van der Waals surface area contributed by atoms with Crippen LogP contribution >= 0.6 is 34.8 Å². The third-order valence-corrected chi connectivity index (χ3v) is 3.36. The van der Waals surface area contributed by atoms with Crippen LogP contribution in [0.15, 0.2) is 12.1 Å². The van der Waals surface area contributed by atoms with E-state index in [-0.39, 0.29) is 23.2 Å². The van der Waals surface area contributed by atoms with Crippen LogP contribution in [0.3, 0.4) is 0 Å². The molecule has 0 bridgehead atoms. The summed E-state index contributed by atoms with van der Waals surface area (Å²) >= 11 is 17.8. The fourth-order valence-electron chi connectivity index (χ4n) is 1.69. The first kappa shape index (κ1) is 18.7. The number of hydrogen-bond acceptors (Lipinski definition) is 3. The summed E-state index contributed by atoms with van der Waals surface area (Å²) in [5.41, 5.74) is 4.92. The minimum Gasteiger partial charge on any atom is -0.489 e. The van der Waals surface area contributed by atoms with E-state index in [1.165, 1.54) is 17.0 Å². The van der Waals surface area contributed by atoms with Crippen molar-refractivity contribution in [3.8, 4) is 5.75 Å². The van der Waals surface area contributed by atoms with Gasteiger partial charge in [-0.1, -0.05) is 41.7 Å². The number of amides is 4. The molecule has 0 saturated carbocycles. The molecule has 0 heterocycles. The Morgan fingerprint density at radius 3 is 2.32 bits per heavy atom. The molecule has 0 aliphatic heterocycles. The standard InChI is InChI=1S/C13H16Cl3N3O3/c1-2-3-19(13(21)18-12(17)20)4-5-22-11-9(15)6-8(14)7-10(11)16/h6-7H,2-5H2,1H3,(H3,17,18,20,21). The number of carbonyl (C=O) groups excluding carboxylic acids is 2. The average Bonchev–Trinajstić information content (AvgIpc) is 2.39. The number of nitrogens with two attached hydrogens (primary N) is 1. The van der Waals surface area contributed by atoms with E-state index in [2.05, 4.69) is 0 Å². The second-order valence-corrected chi connectivity index (χ2v) is 5.58. The molecule has 1 aromatic rings. The Kier molecular flexibility index (Phi) is 7.58. The molecule has 9 heteroatoms. The van der Waals surface area contributed by atoms with Gasteiger partial charge in [-0.3, -0.25) is 5.32 Å². The van der Waals surface area contributed by atoms with Gasteiger partial charge in [0.15, 0.2) is 5.75 Å². The van der Waals surface area contributed by atoms with Gasteiger partial charge in [-0.25, -0.2) is 9.59 Å². The topological polar surface area (TPSA) is 84.7 Å². The van der Waals surface area contributed by atoms with Crippen molar-refractivity contribution in [1.29, 1.82) is 0 Å². The number of rotatable bonds is 6. The second kappa shape index (κ2) is 8.92. The first-order valence-electron chi connectivity index (χ1n) is 6.47. The second-order valence-electron chi connectivity index (χ2n) is 4.33. The van der Waals surface area contributed by atoms with E-state index >= 15 is 0 Å². The van der Waals surface area contributed by atoms with Crippen molar-refractivity contribution in [2.75, 3.05) is 19.7 Å². The Balaban J connectivity index is 2.63. The van der Waals surface area contributed by atoms with Crippen LogP contribution in [0.2, 0.25) is 15.1 Å². The molecule has 122 valence electrons. The SMILES string of the molecule is CCCN(CCOc1c(Cl)cc(Cl)cc1Cl)C(=O)NC(N)=O. The summed E-state index contributed by atoms with van der Waals surface area (Å²) in [6.07, 6.45) is 0.717. The first-order valence-corrected chi connectivity index (χ1v) is 7.61. The Morgan fingerprint density at radius 2 is 1.82 bits per heavy atom. The Hall–Kier alpha value is -1.37. The number of halogens is 3.